The van der Waals surface area contributed by atoms with Gasteiger partial charge in [0.2, 0.25) is 0 Å². The maximum absolute atomic E-state index is 13.9. The summed E-state index contributed by atoms with van der Waals surface area (Å²) in [5, 5.41) is 1.13. The number of halogens is 2. The van der Waals surface area contributed by atoms with Crippen LogP contribution in [0, 0.1) is 12.7 Å². The molecule has 0 radical (unpaired) electrons. The van der Waals surface area contributed by atoms with Crippen LogP contribution in [0.5, 0.6) is 0 Å². The Labute approximate surface area is 120 Å². The number of aryl methyl sites for hydroxylation is 1. The zero-order valence-corrected chi connectivity index (χ0v) is 11.5. The van der Waals surface area contributed by atoms with Crippen molar-refractivity contribution >= 4 is 28.3 Å². The third-order valence-corrected chi connectivity index (χ3v) is 3.53. The minimum absolute atomic E-state index is 0.00893. The molecule has 0 spiro atoms. The van der Waals surface area contributed by atoms with Gasteiger partial charge in [0.25, 0.3) is 0 Å². The third kappa shape index (κ3) is 2.00. The van der Waals surface area contributed by atoms with E-state index in [1.807, 2.05) is 24.3 Å². The van der Waals surface area contributed by atoms with Gasteiger partial charge >= 0.3 is 0 Å². The number of ketones is 1. The average Bonchev–Trinajstić information content (AvgIpc) is 2.76. The first-order valence-corrected chi connectivity index (χ1v) is 6.53. The maximum atomic E-state index is 13.9. The minimum Gasteiger partial charge on any atom is -0.358 e. The zero-order valence-electron chi connectivity index (χ0n) is 10.7. The van der Waals surface area contributed by atoms with Crippen molar-refractivity contribution in [1.82, 2.24) is 4.98 Å². The highest BCUT2D eigenvalue weighted by atomic mass is 35.5. The van der Waals surface area contributed by atoms with E-state index in [0.29, 0.717) is 10.6 Å². The summed E-state index contributed by atoms with van der Waals surface area (Å²) in [6.07, 6.45) is 0. The molecular formula is C16H11ClFNO. The summed E-state index contributed by atoms with van der Waals surface area (Å²) < 4.78 is 13.9. The number of benzene rings is 2. The number of para-hydroxylation sites is 1. The summed E-state index contributed by atoms with van der Waals surface area (Å²) in [4.78, 5) is 15.7. The lowest BCUT2D eigenvalue weighted by molar-refractivity contribution is 0.103. The monoisotopic (exact) mass is 287 g/mol. The van der Waals surface area contributed by atoms with Crippen LogP contribution >= 0.6 is 11.6 Å². The van der Waals surface area contributed by atoms with Gasteiger partial charge in [0, 0.05) is 21.6 Å². The van der Waals surface area contributed by atoms with Crippen LogP contribution in [-0.4, -0.2) is 10.8 Å². The van der Waals surface area contributed by atoms with Crippen LogP contribution in [0.3, 0.4) is 0 Å². The standard InChI is InChI=1S/C16H11ClFNO/c1-9-15(11-4-2-3-5-14(11)19-9)16(20)12-8-10(17)6-7-13(12)18/h2-8,19H,1H3. The first-order valence-electron chi connectivity index (χ1n) is 6.15. The number of hydrogen-bond donors (Lipinski definition) is 1. The van der Waals surface area contributed by atoms with Gasteiger partial charge in [-0.2, -0.15) is 0 Å². The Morgan fingerprint density at radius 2 is 1.95 bits per heavy atom. The Morgan fingerprint density at radius 3 is 2.75 bits per heavy atom. The molecular weight excluding hydrogens is 277 g/mol. The topological polar surface area (TPSA) is 32.9 Å². The molecule has 1 aromatic heterocycles. The van der Waals surface area contributed by atoms with Crippen LogP contribution in [0.2, 0.25) is 5.02 Å². The molecule has 1 N–H and O–H groups in total. The molecule has 2 aromatic carbocycles. The molecule has 0 aliphatic rings. The van der Waals surface area contributed by atoms with Gasteiger partial charge in [0.15, 0.2) is 5.78 Å². The second-order valence-corrected chi connectivity index (χ2v) is 5.06. The number of nitrogens with one attached hydrogen (secondary N) is 1. The lowest BCUT2D eigenvalue weighted by atomic mass is 10.00. The van der Waals surface area contributed by atoms with Gasteiger partial charge in [-0.1, -0.05) is 29.8 Å². The molecule has 0 saturated carbocycles. The van der Waals surface area contributed by atoms with Crippen molar-refractivity contribution in [3.8, 4) is 0 Å². The number of H-pyrrole nitrogens is 1. The van der Waals surface area contributed by atoms with Crippen LogP contribution < -0.4 is 0 Å². The molecule has 0 atom stereocenters. The van der Waals surface area contributed by atoms with Crippen molar-refractivity contribution < 1.29 is 9.18 Å². The summed E-state index contributed by atoms with van der Waals surface area (Å²) in [5.74, 6) is -0.927. The second-order valence-electron chi connectivity index (χ2n) is 4.62. The van der Waals surface area contributed by atoms with E-state index in [1.165, 1.54) is 18.2 Å². The van der Waals surface area contributed by atoms with Crippen molar-refractivity contribution in [2.45, 2.75) is 6.92 Å². The molecule has 3 rings (SSSR count). The summed E-state index contributed by atoms with van der Waals surface area (Å²) in [6.45, 7) is 1.80. The summed E-state index contributed by atoms with van der Waals surface area (Å²) in [5.41, 5.74) is 2.05. The van der Waals surface area contributed by atoms with E-state index in [1.54, 1.807) is 6.92 Å². The van der Waals surface area contributed by atoms with Gasteiger partial charge in [-0.05, 0) is 31.2 Å². The van der Waals surface area contributed by atoms with E-state index < -0.39 is 5.82 Å². The number of aromatic amines is 1. The van der Waals surface area contributed by atoms with Crippen molar-refractivity contribution in [2.75, 3.05) is 0 Å². The van der Waals surface area contributed by atoms with E-state index in [-0.39, 0.29) is 11.3 Å². The molecule has 0 amide bonds. The van der Waals surface area contributed by atoms with E-state index in [4.69, 9.17) is 11.6 Å². The molecule has 0 aliphatic carbocycles. The summed E-state index contributed by atoms with van der Waals surface area (Å²) in [6, 6.07) is 11.4. The van der Waals surface area contributed by atoms with Crippen LogP contribution in [0.15, 0.2) is 42.5 Å². The molecule has 1 heterocycles. The summed E-state index contributed by atoms with van der Waals surface area (Å²) in [7, 11) is 0. The van der Waals surface area contributed by atoms with Gasteiger partial charge in [-0.25, -0.2) is 4.39 Å². The third-order valence-electron chi connectivity index (χ3n) is 3.29. The number of fused-ring (bicyclic) bond motifs is 1. The lowest BCUT2D eigenvalue weighted by Crippen LogP contribution is -2.05. The van der Waals surface area contributed by atoms with Crippen LogP contribution in [0.25, 0.3) is 10.9 Å². The van der Waals surface area contributed by atoms with E-state index >= 15 is 0 Å². The lowest BCUT2D eigenvalue weighted by Gasteiger charge is -2.04. The predicted octanol–water partition coefficient (Wildman–Crippen LogP) is 4.50. The molecule has 0 saturated heterocycles. The Hall–Kier alpha value is -2.13. The Kier molecular flexibility index (Phi) is 3.07. The molecule has 2 nitrogen and oxygen atoms in total. The van der Waals surface area contributed by atoms with Crippen molar-refractivity contribution in [1.29, 1.82) is 0 Å². The van der Waals surface area contributed by atoms with Gasteiger partial charge in [0.05, 0.1) is 11.1 Å². The molecule has 0 aliphatic heterocycles. The highest BCUT2D eigenvalue weighted by Crippen LogP contribution is 2.26. The Bertz CT molecular complexity index is 822. The van der Waals surface area contributed by atoms with Crippen LogP contribution in [-0.2, 0) is 0 Å². The fourth-order valence-corrected chi connectivity index (χ4v) is 2.55. The van der Waals surface area contributed by atoms with E-state index in [2.05, 4.69) is 4.98 Å². The largest absolute Gasteiger partial charge is 0.358 e. The fraction of sp³-hybridized carbons (Fsp3) is 0.0625. The average molecular weight is 288 g/mol. The first kappa shape index (κ1) is 12.9. The SMILES string of the molecule is Cc1[nH]c2ccccc2c1C(=O)c1cc(Cl)ccc1F. The van der Waals surface area contributed by atoms with Crippen molar-refractivity contribution in [3.63, 3.8) is 0 Å². The van der Waals surface area contributed by atoms with Crippen LogP contribution in [0.4, 0.5) is 4.39 Å². The van der Waals surface area contributed by atoms with Crippen LogP contribution in [0.1, 0.15) is 21.6 Å². The van der Waals surface area contributed by atoms with E-state index in [9.17, 15) is 9.18 Å². The van der Waals surface area contributed by atoms with Crippen molar-refractivity contribution in [3.05, 3.63) is 70.1 Å². The predicted molar refractivity (Wildman–Crippen MR) is 77.9 cm³/mol. The van der Waals surface area contributed by atoms with E-state index in [0.717, 1.165) is 16.6 Å². The number of carbonyl (C=O) groups excluding carboxylic acids is 1. The minimum atomic E-state index is -0.566. The van der Waals surface area contributed by atoms with Gasteiger partial charge in [-0.3, -0.25) is 4.79 Å². The highest BCUT2D eigenvalue weighted by Gasteiger charge is 2.20. The van der Waals surface area contributed by atoms with Gasteiger partial charge in [0.1, 0.15) is 5.82 Å². The molecule has 3 aromatic rings. The molecule has 0 unspecified atom stereocenters. The number of rotatable bonds is 2. The molecule has 20 heavy (non-hydrogen) atoms. The molecule has 0 fully saturated rings. The summed E-state index contributed by atoms with van der Waals surface area (Å²) >= 11 is 5.85. The number of carbonyl (C=O) groups is 1. The normalized spacial score (nSPS) is 10.9. The van der Waals surface area contributed by atoms with Crippen molar-refractivity contribution in [2.24, 2.45) is 0 Å². The quantitative estimate of drug-likeness (QED) is 0.692. The maximum Gasteiger partial charge on any atom is 0.198 e. The Balaban J connectivity index is 2.22. The molecule has 4 heteroatoms. The highest BCUT2D eigenvalue weighted by molar-refractivity contribution is 6.31. The number of hydrogen-bond acceptors (Lipinski definition) is 1. The van der Waals surface area contributed by atoms with Gasteiger partial charge < -0.3 is 4.98 Å². The smallest absolute Gasteiger partial charge is 0.198 e. The molecule has 0 bridgehead atoms. The number of aromatic nitrogens is 1. The molecule has 100 valence electrons. The fourth-order valence-electron chi connectivity index (χ4n) is 2.38. The van der Waals surface area contributed by atoms with Gasteiger partial charge in [-0.15, -0.1) is 0 Å². The Morgan fingerprint density at radius 1 is 1.20 bits per heavy atom. The first-order chi connectivity index (χ1) is 9.58. The zero-order chi connectivity index (χ0) is 14.3. The second kappa shape index (κ2) is 4.76.